The minimum absolute atomic E-state index is 0.0464. The number of ether oxygens (including phenoxy) is 1. The molecule has 3 nitrogen and oxygen atoms in total. The maximum Gasteiger partial charge on any atom is 0.0650 e. The van der Waals surface area contributed by atoms with Crippen molar-refractivity contribution in [1.29, 1.82) is 0 Å². The van der Waals surface area contributed by atoms with Gasteiger partial charge in [-0.15, -0.1) is 11.3 Å². The molecule has 0 aliphatic heterocycles. The Balaban J connectivity index is 2.53. The van der Waals surface area contributed by atoms with Crippen molar-refractivity contribution in [1.82, 2.24) is 0 Å². The van der Waals surface area contributed by atoms with E-state index in [4.69, 9.17) is 10.5 Å². The van der Waals surface area contributed by atoms with E-state index in [1.54, 1.807) is 18.4 Å². The van der Waals surface area contributed by atoms with Crippen LogP contribution in [0.3, 0.4) is 0 Å². The van der Waals surface area contributed by atoms with Crippen LogP contribution in [0.2, 0.25) is 0 Å². The lowest BCUT2D eigenvalue weighted by Gasteiger charge is -2.19. The van der Waals surface area contributed by atoms with E-state index in [0.717, 1.165) is 4.88 Å². The second-order valence-corrected chi connectivity index (χ2v) is 4.19. The number of hydrogen-bond acceptors (Lipinski definition) is 4. The predicted molar refractivity (Wildman–Crippen MR) is 58.6 cm³/mol. The largest absolute Gasteiger partial charge is 0.392 e. The molecule has 4 heteroatoms. The van der Waals surface area contributed by atoms with Crippen LogP contribution in [-0.4, -0.2) is 31.5 Å². The molecule has 0 spiro atoms. The number of rotatable bonds is 6. The first-order chi connectivity index (χ1) is 6.79. The van der Waals surface area contributed by atoms with Gasteiger partial charge in [0.2, 0.25) is 0 Å². The molecular formula is C10H17NO2S. The summed E-state index contributed by atoms with van der Waals surface area (Å²) < 4.78 is 4.93. The zero-order valence-electron chi connectivity index (χ0n) is 8.35. The zero-order valence-corrected chi connectivity index (χ0v) is 9.17. The molecule has 0 aliphatic rings. The average Bonchev–Trinajstić information content (AvgIpc) is 2.69. The van der Waals surface area contributed by atoms with Gasteiger partial charge in [-0.1, -0.05) is 6.07 Å². The third-order valence-electron chi connectivity index (χ3n) is 2.24. The van der Waals surface area contributed by atoms with Crippen LogP contribution in [0, 0.1) is 0 Å². The van der Waals surface area contributed by atoms with Gasteiger partial charge in [0.15, 0.2) is 0 Å². The summed E-state index contributed by atoms with van der Waals surface area (Å²) in [7, 11) is 1.63. The minimum atomic E-state index is -0.404. The summed E-state index contributed by atoms with van der Waals surface area (Å²) >= 11 is 1.64. The molecule has 14 heavy (non-hydrogen) atoms. The van der Waals surface area contributed by atoms with Gasteiger partial charge in [0.1, 0.15) is 0 Å². The Morgan fingerprint density at radius 3 is 2.93 bits per heavy atom. The summed E-state index contributed by atoms with van der Waals surface area (Å²) in [4.78, 5) is 1.15. The van der Waals surface area contributed by atoms with E-state index in [1.165, 1.54) is 0 Å². The lowest BCUT2D eigenvalue weighted by atomic mass is 9.98. The molecule has 0 aliphatic carbocycles. The Hall–Kier alpha value is -0.420. The van der Waals surface area contributed by atoms with Gasteiger partial charge in [-0.25, -0.2) is 0 Å². The Bertz CT molecular complexity index is 238. The lowest BCUT2D eigenvalue weighted by molar-refractivity contribution is 0.0928. The van der Waals surface area contributed by atoms with Crippen LogP contribution in [0.4, 0.5) is 0 Å². The highest BCUT2D eigenvalue weighted by Crippen LogP contribution is 2.24. The second kappa shape index (κ2) is 6.14. The molecule has 0 amide bonds. The topological polar surface area (TPSA) is 55.5 Å². The van der Waals surface area contributed by atoms with Gasteiger partial charge in [0.05, 0.1) is 6.10 Å². The van der Waals surface area contributed by atoms with Crippen LogP contribution < -0.4 is 5.73 Å². The van der Waals surface area contributed by atoms with E-state index in [2.05, 4.69) is 0 Å². The molecule has 3 N–H and O–H groups in total. The number of nitrogens with two attached hydrogens (primary N) is 1. The van der Waals surface area contributed by atoms with E-state index in [0.29, 0.717) is 19.6 Å². The molecule has 1 rings (SSSR count). The van der Waals surface area contributed by atoms with Crippen molar-refractivity contribution in [3.8, 4) is 0 Å². The summed E-state index contributed by atoms with van der Waals surface area (Å²) in [6.45, 7) is 1.05. The summed E-state index contributed by atoms with van der Waals surface area (Å²) in [6.07, 6.45) is 0.231. The number of hydrogen-bond donors (Lipinski definition) is 2. The highest BCUT2D eigenvalue weighted by molar-refractivity contribution is 7.10. The molecule has 0 saturated carbocycles. The summed E-state index contributed by atoms with van der Waals surface area (Å²) in [5, 5.41) is 11.9. The van der Waals surface area contributed by atoms with Crippen molar-refractivity contribution in [2.24, 2.45) is 5.73 Å². The molecule has 1 heterocycles. The molecule has 0 aromatic carbocycles. The van der Waals surface area contributed by atoms with Crippen LogP contribution in [0.5, 0.6) is 0 Å². The van der Waals surface area contributed by atoms with Gasteiger partial charge in [0, 0.05) is 31.1 Å². The summed E-state index contributed by atoms with van der Waals surface area (Å²) in [5.41, 5.74) is 5.64. The average molecular weight is 215 g/mol. The molecule has 0 radical (unpaired) electrons. The van der Waals surface area contributed by atoms with Crippen molar-refractivity contribution in [3.05, 3.63) is 22.4 Å². The SMILES string of the molecule is COCCC(O)C(CN)c1cccs1. The fourth-order valence-corrected chi connectivity index (χ4v) is 2.30. The first-order valence-electron chi connectivity index (χ1n) is 4.70. The maximum atomic E-state index is 9.86. The fraction of sp³-hybridized carbons (Fsp3) is 0.600. The standard InChI is InChI=1S/C10H17NO2S/c1-13-5-4-9(12)8(7-11)10-3-2-6-14-10/h2-3,6,8-9,12H,4-5,7,11H2,1H3. The van der Waals surface area contributed by atoms with Crippen molar-refractivity contribution >= 4 is 11.3 Å². The van der Waals surface area contributed by atoms with E-state index >= 15 is 0 Å². The Kier molecular flexibility index (Phi) is 5.11. The molecular weight excluding hydrogens is 198 g/mol. The molecule has 0 saturated heterocycles. The monoisotopic (exact) mass is 215 g/mol. The van der Waals surface area contributed by atoms with Crippen LogP contribution in [0.15, 0.2) is 17.5 Å². The Morgan fingerprint density at radius 1 is 1.64 bits per heavy atom. The normalized spacial score (nSPS) is 15.4. The second-order valence-electron chi connectivity index (χ2n) is 3.21. The molecule has 0 bridgehead atoms. The lowest BCUT2D eigenvalue weighted by Crippen LogP contribution is -2.26. The van der Waals surface area contributed by atoms with Crippen LogP contribution in [-0.2, 0) is 4.74 Å². The quantitative estimate of drug-likeness (QED) is 0.749. The Labute approximate surface area is 88.5 Å². The van der Waals surface area contributed by atoms with Crippen LogP contribution >= 0.6 is 11.3 Å². The van der Waals surface area contributed by atoms with Gasteiger partial charge in [-0.05, 0) is 17.9 Å². The molecule has 0 fully saturated rings. The predicted octanol–water partition coefficient (Wildman–Crippen LogP) is 1.19. The van der Waals surface area contributed by atoms with E-state index in [-0.39, 0.29) is 5.92 Å². The maximum absolute atomic E-state index is 9.86. The molecule has 2 unspecified atom stereocenters. The zero-order chi connectivity index (χ0) is 10.4. The van der Waals surface area contributed by atoms with Crippen molar-refractivity contribution in [2.45, 2.75) is 18.4 Å². The summed E-state index contributed by atoms with van der Waals surface area (Å²) in [6, 6.07) is 3.99. The molecule has 1 aromatic rings. The number of thiophene rings is 1. The highest BCUT2D eigenvalue weighted by atomic mass is 32.1. The molecule has 1 aromatic heterocycles. The van der Waals surface area contributed by atoms with Crippen molar-refractivity contribution in [3.63, 3.8) is 0 Å². The first kappa shape index (κ1) is 11.7. The first-order valence-corrected chi connectivity index (χ1v) is 5.58. The smallest absolute Gasteiger partial charge is 0.0650 e. The minimum Gasteiger partial charge on any atom is -0.392 e. The summed E-state index contributed by atoms with van der Waals surface area (Å²) in [5.74, 6) is 0.0464. The molecule has 80 valence electrons. The molecule has 2 atom stereocenters. The van der Waals surface area contributed by atoms with Gasteiger partial charge in [-0.3, -0.25) is 0 Å². The van der Waals surface area contributed by atoms with Gasteiger partial charge in [-0.2, -0.15) is 0 Å². The van der Waals surface area contributed by atoms with Crippen LogP contribution in [0.1, 0.15) is 17.2 Å². The number of aliphatic hydroxyl groups is 1. The van der Waals surface area contributed by atoms with Gasteiger partial charge in [0.25, 0.3) is 0 Å². The van der Waals surface area contributed by atoms with Gasteiger partial charge < -0.3 is 15.6 Å². The fourth-order valence-electron chi connectivity index (χ4n) is 1.40. The third kappa shape index (κ3) is 3.06. The number of aliphatic hydroxyl groups excluding tert-OH is 1. The van der Waals surface area contributed by atoms with Crippen molar-refractivity contribution < 1.29 is 9.84 Å². The van der Waals surface area contributed by atoms with E-state index in [9.17, 15) is 5.11 Å². The van der Waals surface area contributed by atoms with Gasteiger partial charge >= 0.3 is 0 Å². The van der Waals surface area contributed by atoms with E-state index in [1.807, 2.05) is 17.5 Å². The van der Waals surface area contributed by atoms with E-state index < -0.39 is 6.10 Å². The highest BCUT2D eigenvalue weighted by Gasteiger charge is 2.19. The van der Waals surface area contributed by atoms with Crippen LogP contribution in [0.25, 0.3) is 0 Å². The Morgan fingerprint density at radius 2 is 2.43 bits per heavy atom. The third-order valence-corrected chi connectivity index (χ3v) is 3.25. The number of methoxy groups -OCH3 is 1. The van der Waals surface area contributed by atoms with Crippen molar-refractivity contribution in [2.75, 3.05) is 20.3 Å².